The van der Waals surface area contributed by atoms with E-state index in [0.29, 0.717) is 0 Å². The van der Waals surface area contributed by atoms with Crippen LogP contribution in [0.4, 0.5) is 0 Å². The van der Waals surface area contributed by atoms with Gasteiger partial charge in [0.25, 0.3) is 0 Å². The van der Waals surface area contributed by atoms with Gasteiger partial charge in [-0.1, -0.05) is 73.3 Å². The van der Waals surface area contributed by atoms with Crippen molar-refractivity contribution in [1.82, 2.24) is 0 Å². The first-order valence-electron chi connectivity index (χ1n) is 1.00. The predicted octanol–water partition coefficient (Wildman–Crippen LogP) is 4.46. The third-order valence-electron chi connectivity index (χ3n) is 0. The van der Waals surface area contributed by atoms with Gasteiger partial charge in [0.1, 0.15) is 0 Å². The topological polar surface area (TPSA) is 63.0 Å². The molecule has 2 radical (unpaired) electrons. The van der Waals surface area contributed by atoms with Gasteiger partial charge >= 0.3 is 126 Å². The summed E-state index contributed by atoms with van der Waals surface area (Å²) in [5, 5.41) is 0. The molecule has 0 aromatic heterocycles. The maximum atomic E-state index is 2.00. The van der Waals surface area contributed by atoms with Gasteiger partial charge in [-0.3, -0.25) is 0 Å². The SMILES string of the molecule is C.C.C.C.C.C.C.C.CC.O.O.[La+3].[Mn+2].[Nd+3].[Y+3]. The molecule has 0 spiro atoms. The van der Waals surface area contributed by atoms with Gasteiger partial charge in [0, 0.05) is 0 Å². The van der Waals surface area contributed by atoms with E-state index in [1.807, 2.05) is 13.8 Å². The molecule has 0 unspecified atom stereocenters. The van der Waals surface area contributed by atoms with Crippen LogP contribution in [0, 0.1) is 76.4 Å². The van der Waals surface area contributed by atoms with Crippen molar-refractivity contribution in [2.45, 2.75) is 73.3 Å². The van der Waals surface area contributed by atoms with E-state index in [4.69, 9.17) is 0 Å². The Kier molecular flexibility index (Phi) is 6600. The third kappa shape index (κ3) is 316. The third-order valence-corrected chi connectivity index (χ3v) is 0. The molecule has 0 aromatic rings. The summed E-state index contributed by atoms with van der Waals surface area (Å²) < 4.78 is 0. The van der Waals surface area contributed by atoms with Crippen LogP contribution in [-0.4, -0.2) is 11.0 Å². The maximum absolute atomic E-state index is 2.00. The molecule has 2 nitrogen and oxygen atoms in total. The fourth-order valence-electron chi connectivity index (χ4n) is 0. The second-order valence-corrected chi connectivity index (χ2v) is 0. The standard InChI is InChI=1S/C2H6.8CH4.La.Mn.Nd.2H2O.Y/c1-2;;;;;;;;;;;;;;/h1-2H3;8*1H4;;;;2*1H2;/q;;;;;;;;;+3;+2;+3;;;+3. The van der Waals surface area contributed by atoms with Crippen LogP contribution in [0.2, 0.25) is 0 Å². The molecule has 0 aliphatic heterocycles. The van der Waals surface area contributed by atoms with Crippen LogP contribution in [-0.2, 0) is 49.8 Å². The average molecular weight is 621 g/mol. The van der Waals surface area contributed by atoms with Crippen molar-refractivity contribution in [2.75, 3.05) is 0 Å². The van der Waals surface area contributed by atoms with E-state index in [1.165, 1.54) is 0 Å². The summed E-state index contributed by atoms with van der Waals surface area (Å²) in [5.41, 5.74) is 0. The molecule has 0 amide bonds. The predicted molar refractivity (Wildman–Crippen MR) is 72.4 cm³/mol. The number of hydrogen-bond acceptors (Lipinski definition) is 0. The van der Waals surface area contributed by atoms with Crippen molar-refractivity contribution < 1.29 is 137 Å². The summed E-state index contributed by atoms with van der Waals surface area (Å²) in [6.45, 7) is 4.00. The summed E-state index contributed by atoms with van der Waals surface area (Å²) in [5.74, 6) is 0. The molecule has 0 aliphatic rings. The van der Waals surface area contributed by atoms with Gasteiger partial charge in [0.15, 0.2) is 0 Å². The molecule has 0 rings (SSSR count). The van der Waals surface area contributed by atoms with Gasteiger partial charge in [-0.2, -0.15) is 0 Å². The zero-order valence-electron chi connectivity index (χ0n) is 5.03. The van der Waals surface area contributed by atoms with E-state index < -0.39 is 0 Å². The summed E-state index contributed by atoms with van der Waals surface area (Å²) in [6.07, 6.45) is 0. The Hall–Kier alpha value is 4.09. The fraction of sp³-hybridized carbons (Fsp3) is 1.00. The first-order valence-corrected chi connectivity index (χ1v) is 1.00. The van der Waals surface area contributed by atoms with Crippen molar-refractivity contribution >= 4 is 0 Å². The summed E-state index contributed by atoms with van der Waals surface area (Å²) in [4.78, 5) is 0. The molecule has 0 atom stereocenters. The van der Waals surface area contributed by atoms with Gasteiger partial charge < -0.3 is 11.0 Å². The smallest absolute Gasteiger partial charge is 0.412 e. The van der Waals surface area contributed by atoms with Crippen molar-refractivity contribution in [1.29, 1.82) is 0 Å². The van der Waals surface area contributed by atoms with Crippen LogP contribution in [0.15, 0.2) is 0 Å². The van der Waals surface area contributed by atoms with Crippen molar-refractivity contribution in [3.8, 4) is 0 Å². The van der Waals surface area contributed by atoms with E-state index >= 15 is 0 Å². The van der Waals surface area contributed by atoms with Crippen LogP contribution in [0.25, 0.3) is 0 Å². The minimum absolute atomic E-state index is 0. The average Bonchev–Trinajstić information content (AvgIpc) is 1.00. The van der Waals surface area contributed by atoms with E-state index in [-0.39, 0.29) is 197 Å². The van der Waals surface area contributed by atoms with E-state index in [1.54, 1.807) is 0 Å². The first kappa shape index (κ1) is 283. The molecule has 4 N–H and O–H groups in total. The van der Waals surface area contributed by atoms with Crippen LogP contribution in [0.5, 0.6) is 0 Å². The largest absolute Gasteiger partial charge is 3.00 e. The molecular weight excluding hydrogens is 579 g/mol. The fourth-order valence-corrected chi connectivity index (χ4v) is 0. The Balaban J connectivity index is -0.0000000000549. The Labute approximate surface area is 206 Å². The molecule has 0 aromatic carbocycles. The Morgan fingerprint density at radius 2 is 0.500 bits per heavy atom. The van der Waals surface area contributed by atoms with Crippen molar-refractivity contribution in [3.63, 3.8) is 0 Å². The molecule has 0 bridgehead atoms. The minimum atomic E-state index is 0. The Morgan fingerprint density at radius 1 is 0.500 bits per heavy atom. The number of rotatable bonds is 0. The number of hydrogen-bond donors (Lipinski definition) is 0. The molecule has 100 valence electrons. The minimum Gasteiger partial charge on any atom is -0.412 e. The van der Waals surface area contributed by atoms with Gasteiger partial charge in [0.05, 0.1) is 0 Å². The zero-order valence-corrected chi connectivity index (χ0v) is 15.9. The molecule has 0 saturated carbocycles. The van der Waals surface area contributed by atoms with Crippen LogP contribution < -0.4 is 0 Å². The maximum Gasteiger partial charge on any atom is 3.00 e. The van der Waals surface area contributed by atoms with Crippen molar-refractivity contribution in [2.24, 2.45) is 0 Å². The zero-order chi connectivity index (χ0) is 2.00. The summed E-state index contributed by atoms with van der Waals surface area (Å²) in [7, 11) is 0. The monoisotopic (exact) mass is 619 g/mol. The summed E-state index contributed by atoms with van der Waals surface area (Å²) >= 11 is 0. The van der Waals surface area contributed by atoms with Crippen molar-refractivity contribution in [3.05, 3.63) is 0 Å². The van der Waals surface area contributed by atoms with Gasteiger partial charge in [-0.05, 0) is 0 Å². The van der Waals surface area contributed by atoms with E-state index in [9.17, 15) is 0 Å². The van der Waals surface area contributed by atoms with Crippen LogP contribution in [0.1, 0.15) is 73.3 Å². The van der Waals surface area contributed by atoms with E-state index in [0.717, 1.165) is 0 Å². The second kappa shape index (κ2) is 374. The Morgan fingerprint density at radius 3 is 0.500 bits per heavy atom. The molecule has 0 fully saturated rings. The van der Waals surface area contributed by atoms with Crippen LogP contribution >= 0.6 is 0 Å². The van der Waals surface area contributed by atoms with Gasteiger partial charge in [-0.25, -0.2) is 0 Å². The Bertz CT molecular complexity index is 28.8. The van der Waals surface area contributed by atoms with Gasteiger partial charge in [-0.15, -0.1) is 0 Å². The van der Waals surface area contributed by atoms with Crippen LogP contribution in [0.3, 0.4) is 0 Å². The van der Waals surface area contributed by atoms with Gasteiger partial charge in [0.2, 0.25) is 0 Å². The second-order valence-electron chi connectivity index (χ2n) is 0. The van der Waals surface area contributed by atoms with E-state index in [2.05, 4.69) is 0 Å². The summed E-state index contributed by atoms with van der Waals surface area (Å²) in [6, 6.07) is 0. The molecule has 0 saturated heterocycles. The molecule has 6 heteroatoms. The normalized spacial score (nSPS) is 0.375. The molecule has 16 heavy (non-hydrogen) atoms. The quantitative estimate of drug-likeness (QED) is 0.359. The first-order chi connectivity index (χ1) is 1.00. The molecule has 0 heterocycles. The molecule has 0 aliphatic carbocycles. The molecular formula is C10H42LaMnNdO2Y+11.